The third-order valence-electron chi connectivity index (χ3n) is 3.85. The quantitative estimate of drug-likeness (QED) is 0.590. The fourth-order valence-corrected chi connectivity index (χ4v) is 2.72. The van der Waals surface area contributed by atoms with Gasteiger partial charge < -0.3 is 10.8 Å². The summed E-state index contributed by atoms with van der Waals surface area (Å²) in [6.45, 7) is 0.638. The molecule has 4 rings (SSSR count). The minimum Gasteiger partial charge on any atom is -0.477 e. The lowest BCUT2D eigenvalue weighted by atomic mass is 10.1. The zero-order valence-electron chi connectivity index (χ0n) is 13.1. The summed E-state index contributed by atoms with van der Waals surface area (Å²) >= 11 is 0. The first-order valence-electron chi connectivity index (χ1n) is 7.57. The van der Waals surface area contributed by atoms with E-state index >= 15 is 0 Å². The first kappa shape index (κ1) is 14.9. The Hall–Kier alpha value is -3.68. The van der Waals surface area contributed by atoms with Gasteiger partial charge >= 0.3 is 5.97 Å². The second-order valence-corrected chi connectivity index (χ2v) is 5.56. The van der Waals surface area contributed by atoms with Crippen LogP contribution in [-0.4, -0.2) is 35.5 Å². The smallest absolute Gasteiger partial charge is 0.354 e. The van der Waals surface area contributed by atoms with E-state index in [4.69, 9.17) is 5.73 Å². The van der Waals surface area contributed by atoms with Gasteiger partial charge in [-0.05, 0) is 17.7 Å². The van der Waals surface area contributed by atoms with E-state index in [9.17, 15) is 9.90 Å². The van der Waals surface area contributed by atoms with Gasteiger partial charge in [0.05, 0.1) is 12.7 Å². The molecule has 0 amide bonds. The summed E-state index contributed by atoms with van der Waals surface area (Å²) in [7, 11) is 0. The third-order valence-corrected chi connectivity index (χ3v) is 3.85. The van der Waals surface area contributed by atoms with Gasteiger partial charge in [-0.2, -0.15) is 10.1 Å². The van der Waals surface area contributed by atoms with E-state index in [-0.39, 0.29) is 11.6 Å². The van der Waals surface area contributed by atoms with Crippen LogP contribution in [0.3, 0.4) is 0 Å². The second kappa shape index (κ2) is 5.75. The fourth-order valence-electron chi connectivity index (χ4n) is 2.72. The number of hydrogen-bond acceptors (Lipinski definition) is 5. The van der Waals surface area contributed by atoms with Crippen molar-refractivity contribution in [2.75, 3.05) is 5.73 Å². The summed E-state index contributed by atoms with van der Waals surface area (Å²) in [6.07, 6.45) is 3.59. The lowest BCUT2D eigenvalue weighted by Gasteiger charge is -2.03. The maximum absolute atomic E-state index is 11.3. The Morgan fingerprint density at radius 2 is 1.96 bits per heavy atom. The number of nitrogens with zero attached hydrogens (tertiary/aromatic N) is 5. The molecular formula is C17H14N6O2. The lowest BCUT2D eigenvalue weighted by Crippen LogP contribution is -2.07. The monoisotopic (exact) mass is 334 g/mol. The number of carboxylic acids is 1. The maximum Gasteiger partial charge on any atom is 0.354 e. The molecule has 124 valence electrons. The van der Waals surface area contributed by atoms with Crippen LogP contribution in [0.25, 0.3) is 16.8 Å². The van der Waals surface area contributed by atoms with Crippen LogP contribution in [0.5, 0.6) is 0 Å². The highest BCUT2D eigenvalue weighted by atomic mass is 16.4. The van der Waals surface area contributed by atoms with Crippen molar-refractivity contribution in [1.82, 2.24) is 24.4 Å². The summed E-state index contributed by atoms with van der Waals surface area (Å²) < 4.78 is 3.05. The molecule has 0 aliphatic rings. The van der Waals surface area contributed by atoms with Crippen LogP contribution in [0, 0.1) is 0 Å². The van der Waals surface area contributed by atoms with Gasteiger partial charge in [0.1, 0.15) is 0 Å². The molecule has 0 unspecified atom stereocenters. The van der Waals surface area contributed by atoms with E-state index in [2.05, 4.69) is 15.2 Å². The van der Waals surface area contributed by atoms with Crippen molar-refractivity contribution < 1.29 is 9.90 Å². The average Bonchev–Trinajstić information content (AvgIpc) is 3.20. The Morgan fingerprint density at radius 3 is 2.72 bits per heavy atom. The van der Waals surface area contributed by atoms with Crippen molar-refractivity contribution in [3.63, 3.8) is 0 Å². The van der Waals surface area contributed by atoms with Crippen LogP contribution in [0.15, 0.2) is 54.9 Å². The molecular weight excluding hydrogens is 320 g/mol. The highest BCUT2D eigenvalue weighted by Crippen LogP contribution is 2.25. The highest BCUT2D eigenvalue weighted by molar-refractivity contribution is 5.89. The zero-order chi connectivity index (χ0) is 17.4. The van der Waals surface area contributed by atoms with E-state index in [1.807, 2.05) is 41.2 Å². The van der Waals surface area contributed by atoms with Crippen molar-refractivity contribution >= 4 is 17.6 Å². The number of carboxylic acid groups (broad SMARTS) is 1. The molecule has 3 aromatic heterocycles. The van der Waals surface area contributed by atoms with Crippen LogP contribution >= 0.6 is 0 Å². The Labute approximate surface area is 142 Å². The highest BCUT2D eigenvalue weighted by Gasteiger charge is 2.16. The molecule has 3 heterocycles. The summed E-state index contributed by atoms with van der Waals surface area (Å²) in [4.78, 5) is 15.5. The normalized spacial score (nSPS) is 11.0. The SMILES string of the molecule is Nc1nc2c(-c3cnn(Cc4ccccc4)c3)ccc(C(=O)O)n2n1. The Bertz CT molecular complexity index is 1070. The minimum absolute atomic E-state index is 0.000345. The van der Waals surface area contributed by atoms with Gasteiger partial charge in [0, 0.05) is 17.3 Å². The molecule has 0 atom stereocenters. The molecule has 8 nitrogen and oxygen atoms in total. The number of pyridine rings is 1. The summed E-state index contributed by atoms with van der Waals surface area (Å²) in [5.74, 6) is -1.08. The zero-order valence-corrected chi connectivity index (χ0v) is 13.1. The van der Waals surface area contributed by atoms with Crippen LogP contribution in [0.4, 0.5) is 5.95 Å². The predicted octanol–water partition coefficient (Wildman–Crippen LogP) is 1.92. The average molecular weight is 334 g/mol. The van der Waals surface area contributed by atoms with Crippen LogP contribution in [-0.2, 0) is 6.54 Å². The number of carbonyl (C=O) groups is 1. The number of nitrogens with two attached hydrogens (primary N) is 1. The van der Waals surface area contributed by atoms with Crippen LogP contribution in [0.1, 0.15) is 16.1 Å². The molecule has 0 aliphatic carbocycles. The van der Waals surface area contributed by atoms with Gasteiger partial charge in [0.25, 0.3) is 0 Å². The number of nitrogen functional groups attached to an aromatic ring is 1. The first-order chi connectivity index (χ1) is 12.1. The van der Waals surface area contributed by atoms with E-state index < -0.39 is 5.97 Å². The minimum atomic E-state index is -1.10. The number of rotatable bonds is 4. The van der Waals surface area contributed by atoms with Gasteiger partial charge in [-0.1, -0.05) is 30.3 Å². The van der Waals surface area contributed by atoms with E-state index in [0.29, 0.717) is 17.8 Å². The Balaban J connectivity index is 1.76. The molecule has 8 heteroatoms. The Morgan fingerprint density at radius 1 is 1.16 bits per heavy atom. The van der Waals surface area contributed by atoms with Gasteiger partial charge in [-0.15, -0.1) is 5.10 Å². The molecule has 0 saturated carbocycles. The number of aromatic carboxylic acids is 1. The largest absolute Gasteiger partial charge is 0.477 e. The van der Waals surface area contributed by atoms with E-state index in [1.54, 1.807) is 12.3 Å². The van der Waals surface area contributed by atoms with Crippen molar-refractivity contribution in [2.45, 2.75) is 6.54 Å². The molecule has 1 aromatic carbocycles. The Kier molecular flexibility index (Phi) is 3.42. The molecule has 4 aromatic rings. The second-order valence-electron chi connectivity index (χ2n) is 5.56. The van der Waals surface area contributed by atoms with Gasteiger partial charge in [0.15, 0.2) is 11.3 Å². The number of benzene rings is 1. The lowest BCUT2D eigenvalue weighted by molar-refractivity contribution is 0.0687. The summed E-state index contributed by atoms with van der Waals surface area (Å²) in [5, 5.41) is 17.6. The van der Waals surface area contributed by atoms with E-state index in [1.165, 1.54) is 10.6 Å². The molecule has 0 fully saturated rings. The van der Waals surface area contributed by atoms with Gasteiger partial charge in [-0.3, -0.25) is 4.68 Å². The number of aromatic nitrogens is 5. The number of fused-ring (bicyclic) bond motifs is 1. The van der Waals surface area contributed by atoms with Crippen molar-refractivity contribution in [2.24, 2.45) is 0 Å². The molecule has 0 saturated heterocycles. The van der Waals surface area contributed by atoms with Gasteiger partial charge in [-0.25, -0.2) is 9.31 Å². The number of anilines is 1. The third kappa shape index (κ3) is 2.69. The van der Waals surface area contributed by atoms with Crippen molar-refractivity contribution in [3.8, 4) is 11.1 Å². The topological polar surface area (TPSA) is 111 Å². The van der Waals surface area contributed by atoms with Crippen molar-refractivity contribution in [1.29, 1.82) is 0 Å². The van der Waals surface area contributed by atoms with Crippen LogP contribution in [0.2, 0.25) is 0 Å². The van der Waals surface area contributed by atoms with Crippen molar-refractivity contribution in [3.05, 3.63) is 66.1 Å². The van der Waals surface area contributed by atoms with Gasteiger partial charge in [0.2, 0.25) is 5.95 Å². The molecule has 0 bridgehead atoms. The standard InChI is InChI=1S/C17H14N6O2/c18-17-20-15-13(6-7-14(16(24)25)23(15)21-17)12-8-19-22(10-12)9-11-4-2-1-3-5-11/h1-8,10H,9H2,(H2,18,21)(H,24,25). The summed E-state index contributed by atoms with van der Waals surface area (Å²) in [5.41, 5.74) is 8.70. The maximum atomic E-state index is 11.3. The predicted molar refractivity (Wildman–Crippen MR) is 91.1 cm³/mol. The molecule has 0 radical (unpaired) electrons. The first-order valence-corrected chi connectivity index (χ1v) is 7.57. The molecule has 0 aliphatic heterocycles. The molecule has 0 spiro atoms. The summed E-state index contributed by atoms with van der Waals surface area (Å²) in [6, 6.07) is 13.2. The van der Waals surface area contributed by atoms with Crippen LogP contribution < -0.4 is 5.73 Å². The number of hydrogen-bond donors (Lipinski definition) is 2. The van der Waals surface area contributed by atoms with E-state index in [0.717, 1.165) is 11.1 Å². The molecule has 3 N–H and O–H groups in total. The molecule has 25 heavy (non-hydrogen) atoms. The fraction of sp³-hybridized carbons (Fsp3) is 0.0588.